The number of ether oxygens (including phenoxy) is 2. The summed E-state index contributed by atoms with van der Waals surface area (Å²) in [6.45, 7) is 3.53. The fraction of sp³-hybridized carbons (Fsp3) is 0.875. The molecule has 1 rings (SSSR count). The van der Waals surface area contributed by atoms with E-state index in [9.17, 15) is 10.0 Å². The highest BCUT2D eigenvalue weighted by Gasteiger charge is 2.24. The Morgan fingerprint density at radius 3 is 2.69 bits per heavy atom. The van der Waals surface area contributed by atoms with Gasteiger partial charge in [-0.25, -0.2) is 4.79 Å². The van der Waals surface area contributed by atoms with Crippen LogP contribution in [0.3, 0.4) is 0 Å². The maximum Gasteiger partial charge on any atom is 0.362 e. The summed E-state index contributed by atoms with van der Waals surface area (Å²) >= 11 is 0. The molecule has 0 atom stereocenters. The van der Waals surface area contributed by atoms with Gasteiger partial charge in [-0.05, 0) is 6.92 Å². The van der Waals surface area contributed by atoms with Crippen molar-refractivity contribution in [3.63, 3.8) is 0 Å². The Bertz CT molecular complexity index is 177. The number of hydrogen-bond donors (Lipinski definition) is 0. The third kappa shape index (κ3) is 3.30. The lowest BCUT2D eigenvalue weighted by molar-refractivity contribution is -0.881. The number of rotatable bonds is 3. The molecule has 5 heteroatoms. The number of nitrogens with zero attached hydrogens (tertiary/aromatic N) is 1. The second-order valence-electron chi connectivity index (χ2n) is 3.08. The maximum absolute atomic E-state index is 11.8. The van der Waals surface area contributed by atoms with Crippen molar-refractivity contribution in [3.05, 3.63) is 5.21 Å². The molecule has 0 bridgehead atoms. The second kappa shape index (κ2) is 4.55. The van der Waals surface area contributed by atoms with Crippen molar-refractivity contribution in [3.8, 4) is 0 Å². The van der Waals surface area contributed by atoms with Crippen molar-refractivity contribution in [2.24, 2.45) is 0 Å². The summed E-state index contributed by atoms with van der Waals surface area (Å²) in [7, 11) is 0. The zero-order chi connectivity index (χ0) is 9.73. The molecule has 76 valence electrons. The van der Waals surface area contributed by atoms with E-state index in [0.29, 0.717) is 32.9 Å². The van der Waals surface area contributed by atoms with E-state index in [1.165, 1.54) is 0 Å². The Labute approximate surface area is 77.4 Å². The van der Waals surface area contributed by atoms with Gasteiger partial charge in [-0.15, -0.1) is 0 Å². The van der Waals surface area contributed by atoms with Crippen LogP contribution >= 0.6 is 0 Å². The van der Waals surface area contributed by atoms with E-state index < -0.39 is 10.6 Å². The quantitative estimate of drug-likeness (QED) is 0.353. The Hall–Kier alpha value is -0.650. The summed E-state index contributed by atoms with van der Waals surface area (Å²) in [5.74, 6) is -0.417. The van der Waals surface area contributed by atoms with Crippen molar-refractivity contribution < 1.29 is 18.9 Å². The Morgan fingerprint density at radius 2 is 2.15 bits per heavy atom. The minimum atomic E-state index is -0.501. The van der Waals surface area contributed by atoms with Crippen molar-refractivity contribution in [1.29, 1.82) is 0 Å². The van der Waals surface area contributed by atoms with Gasteiger partial charge in [0.05, 0.1) is 19.8 Å². The molecule has 0 aromatic carbocycles. The zero-order valence-electron chi connectivity index (χ0n) is 7.82. The van der Waals surface area contributed by atoms with E-state index in [0.717, 1.165) is 0 Å². The van der Waals surface area contributed by atoms with Crippen LogP contribution in [-0.2, 0) is 14.3 Å². The van der Waals surface area contributed by atoms with Crippen LogP contribution in [0.1, 0.15) is 6.92 Å². The molecule has 1 aliphatic heterocycles. The highest BCUT2D eigenvalue weighted by atomic mass is 16.6. The number of morpholine rings is 1. The number of carbonyl (C=O) groups excluding carboxylic acids is 1. The molecule has 1 aliphatic rings. The third-order valence-electron chi connectivity index (χ3n) is 2.01. The van der Waals surface area contributed by atoms with Gasteiger partial charge in [-0.2, -0.15) is 0 Å². The second-order valence-corrected chi connectivity index (χ2v) is 3.08. The van der Waals surface area contributed by atoms with E-state index in [-0.39, 0.29) is 6.54 Å². The van der Waals surface area contributed by atoms with E-state index in [2.05, 4.69) is 0 Å². The van der Waals surface area contributed by atoms with E-state index >= 15 is 0 Å². The molecule has 0 N–H and O–H groups in total. The molecule has 0 aliphatic carbocycles. The van der Waals surface area contributed by atoms with Crippen LogP contribution < -0.4 is 0 Å². The maximum atomic E-state index is 11.8. The van der Waals surface area contributed by atoms with Crippen molar-refractivity contribution in [1.82, 2.24) is 0 Å². The first kappa shape index (κ1) is 10.4. The highest BCUT2D eigenvalue weighted by molar-refractivity contribution is 5.70. The van der Waals surface area contributed by atoms with Crippen molar-refractivity contribution in [2.75, 3.05) is 39.5 Å². The van der Waals surface area contributed by atoms with Gasteiger partial charge in [-0.3, -0.25) is 0 Å². The normalized spacial score (nSPS) is 21.1. The van der Waals surface area contributed by atoms with Crippen LogP contribution in [0, 0.1) is 5.21 Å². The number of carbonyl (C=O) groups is 1. The molecule has 0 saturated carbocycles. The van der Waals surface area contributed by atoms with Crippen LogP contribution in [0.2, 0.25) is 0 Å². The summed E-state index contributed by atoms with van der Waals surface area (Å²) in [5.41, 5.74) is 0. The summed E-state index contributed by atoms with van der Waals surface area (Å²) in [6, 6.07) is 0. The smallest absolute Gasteiger partial charge is 0.362 e. The lowest BCUT2D eigenvalue weighted by atomic mass is 10.4. The average molecular weight is 189 g/mol. The average Bonchev–Trinajstić information content (AvgIpc) is 2.04. The van der Waals surface area contributed by atoms with Gasteiger partial charge in [0.1, 0.15) is 13.1 Å². The molecule has 5 nitrogen and oxygen atoms in total. The van der Waals surface area contributed by atoms with Gasteiger partial charge in [0.25, 0.3) is 0 Å². The largest absolute Gasteiger partial charge is 0.632 e. The van der Waals surface area contributed by atoms with Crippen molar-refractivity contribution in [2.45, 2.75) is 6.92 Å². The first-order valence-electron chi connectivity index (χ1n) is 4.47. The Balaban J connectivity index is 2.36. The molecule has 0 aromatic heterocycles. The van der Waals surface area contributed by atoms with Crippen LogP contribution in [0.15, 0.2) is 0 Å². The van der Waals surface area contributed by atoms with Crippen LogP contribution in [0.25, 0.3) is 0 Å². The van der Waals surface area contributed by atoms with E-state index in [1.807, 2.05) is 0 Å². The van der Waals surface area contributed by atoms with Gasteiger partial charge in [0.15, 0.2) is 6.54 Å². The number of hydrogen-bond acceptors (Lipinski definition) is 4. The molecule has 0 spiro atoms. The predicted octanol–water partition coefficient (Wildman–Crippen LogP) is -0.106. The summed E-state index contributed by atoms with van der Waals surface area (Å²) in [6.07, 6.45) is 0. The minimum absolute atomic E-state index is 0.0861. The Kier molecular flexibility index (Phi) is 3.65. The van der Waals surface area contributed by atoms with Gasteiger partial charge in [-0.1, -0.05) is 0 Å². The fourth-order valence-corrected chi connectivity index (χ4v) is 1.28. The molecular formula is C8H15NO4. The van der Waals surface area contributed by atoms with Gasteiger partial charge >= 0.3 is 5.97 Å². The van der Waals surface area contributed by atoms with E-state index in [4.69, 9.17) is 9.47 Å². The third-order valence-corrected chi connectivity index (χ3v) is 2.01. The standard InChI is InChI=1S/C8H15NO4/c1-2-13-8(10)7-9(11)3-5-12-6-4-9/h2-7H2,1H3. The van der Waals surface area contributed by atoms with Gasteiger partial charge in [0, 0.05) is 0 Å². The van der Waals surface area contributed by atoms with Crippen LogP contribution in [-0.4, -0.2) is 50.1 Å². The number of esters is 1. The molecule has 1 heterocycles. The molecule has 0 aromatic rings. The van der Waals surface area contributed by atoms with Gasteiger partial charge < -0.3 is 19.3 Å². The molecule has 13 heavy (non-hydrogen) atoms. The first-order valence-corrected chi connectivity index (χ1v) is 4.47. The lowest BCUT2D eigenvalue weighted by Crippen LogP contribution is -2.53. The number of hydroxylamine groups is 3. The monoisotopic (exact) mass is 189 g/mol. The zero-order valence-corrected chi connectivity index (χ0v) is 7.82. The molecule has 1 fully saturated rings. The first-order chi connectivity index (χ1) is 6.16. The predicted molar refractivity (Wildman–Crippen MR) is 45.7 cm³/mol. The fourth-order valence-electron chi connectivity index (χ4n) is 1.28. The van der Waals surface area contributed by atoms with Gasteiger partial charge in [0.2, 0.25) is 0 Å². The molecule has 0 radical (unpaired) electrons. The minimum Gasteiger partial charge on any atom is -0.632 e. The number of quaternary nitrogens is 1. The summed E-state index contributed by atoms with van der Waals surface area (Å²) in [5, 5.41) is 11.8. The van der Waals surface area contributed by atoms with Crippen molar-refractivity contribution >= 4 is 5.97 Å². The van der Waals surface area contributed by atoms with E-state index in [1.54, 1.807) is 6.92 Å². The SMILES string of the molecule is CCOC(=O)C[N+]1([O-])CCOCC1. The lowest BCUT2D eigenvalue weighted by Gasteiger charge is -2.43. The summed E-state index contributed by atoms with van der Waals surface area (Å²) < 4.78 is 9.25. The van der Waals surface area contributed by atoms with Crippen LogP contribution in [0.5, 0.6) is 0 Å². The molecule has 0 unspecified atom stereocenters. The topological polar surface area (TPSA) is 58.6 Å². The molecular weight excluding hydrogens is 174 g/mol. The Morgan fingerprint density at radius 1 is 1.54 bits per heavy atom. The molecule has 1 saturated heterocycles. The summed E-state index contributed by atoms with van der Waals surface area (Å²) in [4.78, 5) is 11.0. The van der Waals surface area contributed by atoms with Crippen LogP contribution in [0.4, 0.5) is 0 Å². The molecule has 0 amide bonds. The highest BCUT2D eigenvalue weighted by Crippen LogP contribution is 2.08.